The molecule has 2 heterocycles. The molecule has 5 N–H and O–H groups in total. The number of rotatable bonds is 5. The molecule has 3 unspecified atom stereocenters. The second-order valence-electron chi connectivity index (χ2n) is 8.50. The van der Waals surface area contributed by atoms with Crippen LogP contribution in [0.5, 0.6) is 0 Å². The minimum absolute atomic E-state index is 0.0420. The van der Waals surface area contributed by atoms with Gasteiger partial charge in [-0.25, -0.2) is 9.97 Å². The lowest BCUT2D eigenvalue weighted by Crippen LogP contribution is -2.33. The van der Waals surface area contributed by atoms with Gasteiger partial charge in [0.25, 0.3) is 0 Å². The summed E-state index contributed by atoms with van der Waals surface area (Å²) in [5.41, 5.74) is 14.8. The fourth-order valence-corrected chi connectivity index (χ4v) is 5.74. The Balaban J connectivity index is 1.38. The smallest absolute Gasteiger partial charge is 0.154 e. The number of fused-ring (bicyclic) bond motifs is 1. The van der Waals surface area contributed by atoms with Crippen LogP contribution >= 0.6 is 23.2 Å². The van der Waals surface area contributed by atoms with Crippen LogP contribution in [0, 0.1) is 17.2 Å². The molecule has 2 aromatic carbocycles. The molecule has 2 fully saturated rings. The van der Waals surface area contributed by atoms with Gasteiger partial charge in [-0.3, -0.25) is 5.41 Å². The molecule has 1 aromatic heterocycles. The zero-order valence-electron chi connectivity index (χ0n) is 17.4. The number of hydrogen-bond donors (Lipinski definition) is 3. The van der Waals surface area contributed by atoms with Crippen LogP contribution in [0.1, 0.15) is 23.2 Å². The zero-order chi connectivity index (χ0) is 22.5. The Bertz CT molecular complexity index is 1180. The maximum Gasteiger partial charge on any atom is 0.154 e. The maximum absolute atomic E-state index is 8.52. The monoisotopic (exact) mass is 466 g/mol. The molecular formula is C24H24Cl2N6. The first-order chi connectivity index (χ1) is 15.5. The molecule has 164 valence electrons. The first kappa shape index (κ1) is 21.2. The number of anilines is 2. The Hall–Kier alpha value is -2.67. The molecule has 0 bridgehead atoms. The number of nitrogens with two attached hydrogens (primary N) is 2. The Labute approximate surface area is 197 Å². The average molecular weight is 467 g/mol. The highest BCUT2D eigenvalue weighted by Crippen LogP contribution is 2.63. The van der Waals surface area contributed by atoms with Crippen molar-refractivity contribution in [2.45, 2.75) is 11.8 Å². The SMILES string of the molecule is N=C(c1cccc(Cl)c1Cl)c1ncc(N2CCC3C(C2)C3(CN)c2ccccc2)nc1N. The Morgan fingerprint density at radius 2 is 1.91 bits per heavy atom. The minimum atomic E-state index is 0.0420. The van der Waals surface area contributed by atoms with E-state index >= 15 is 0 Å². The van der Waals surface area contributed by atoms with Crippen molar-refractivity contribution in [1.29, 1.82) is 5.41 Å². The second-order valence-corrected chi connectivity index (χ2v) is 9.28. The first-order valence-corrected chi connectivity index (χ1v) is 11.4. The number of aromatic nitrogens is 2. The highest BCUT2D eigenvalue weighted by atomic mass is 35.5. The fraction of sp³-hybridized carbons (Fsp3) is 0.292. The lowest BCUT2D eigenvalue weighted by Gasteiger charge is -2.27. The standard InChI is InChI=1S/C24H24Cl2N6/c25-18-8-4-7-15(20(18)26)21(28)22-23(29)31-19(11-30-22)32-10-9-16-17(12-32)24(16,13-27)14-5-2-1-3-6-14/h1-8,11,16-17,28H,9-10,12-13,27H2,(H2,29,31). The van der Waals surface area contributed by atoms with Crippen molar-refractivity contribution in [2.75, 3.05) is 30.3 Å². The summed E-state index contributed by atoms with van der Waals surface area (Å²) in [5.74, 6) is 2.00. The summed E-state index contributed by atoms with van der Waals surface area (Å²) in [4.78, 5) is 11.3. The summed E-state index contributed by atoms with van der Waals surface area (Å²) in [7, 11) is 0. The molecule has 1 aliphatic carbocycles. The van der Waals surface area contributed by atoms with Gasteiger partial charge < -0.3 is 16.4 Å². The molecule has 1 saturated heterocycles. The van der Waals surface area contributed by atoms with E-state index in [0.717, 1.165) is 25.3 Å². The van der Waals surface area contributed by atoms with Gasteiger partial charge in [-0.1, -0.05) is 65.7 Å². The van der Waals surface area contributed by atoms with Gasteiger partial charge in [0, 0.05) is 30.6 Å². The third-order valence-corrected chi connectivity index (χ3v) is 7.86. The molecule has 0 spiro atoms. The summed E-state index contributed by atoms with van der Waals surface area (Å²) >= 11 is 12.4. The Kier molecular flexibility index (Phi) is 5.32. The van der Waals surface area contributed by atoms with Crippen molar-refractivity contribution in [3.05, 3.63) is 81.6 Å². The van der Waals surface area contributed by atoms with Crippen LogP contribution in [-0.2, 0) is 5.41 Å². The predicted octanol–water partition coefficient (Wildman–Crippen LogP) is 4.13. The first-order valence-electron chi connectivity index (χ1n) is 10.6. The van der Waals surface area contributed by atoms with E-state index in [0.29, 0.717) is 39.7 Å². The van der Waals surface area contributed by atoms with E-state index < -0.39 is 0 Å². The van der Waals surface area contributed by atoms with Crippen LogP contribution in [0.15, 0.2) is 54.7 Å². The van der Waals surface area contributed by atoms with Crippen LogP contribution in [0.3, 0.4) is 0 Å². The number of halogens is 2. The van der Waals surface area contributed by atoms with Crippen molar-refractivity contribution in [2.24, 2.45) is 17.6 Å². The van der Waals surface area contributed by atoms with E-state index in [2.05, 4.69) is 39.1 Å². The van der Waals surface area contributed by atoms with E-state index in [9.17, 15) is 0 Å². The van der Waals surface area contributed by atoms with Crippen molar-refractivity contribution in [3.8, 4) is 0 Å². The fourth-order valence-electron chi connectivity index (χ4n) is 5.35. The third-order valence-electron chi connectivity index (χ3n) is 7.04. The van der Waals surface area contributed by atoms with Gasteiger partial charge >= 0.3 is 0 Å². The van der Waals surface area contributed by atoms with Crippen LogP contribution in [0.25, 0.3) is 0 Å². The van der Waals surface area contributed by atoms with E-state index in [1.807, 2.05) is 6.07 Å². The molecular weight excluding hydrogens is 443 g/mol. The van der Waals surface area contributed by atoms with E-state index in [4.69, 9.17) is 40.1 Å². The molecule has 6 nitrogen and oxygen atoms in total. The number of nitrogen functional groups attached to an aromatic ring is 1. The summed E-state index contributed by atoms with van der Waals surface area (Å²) in [6.45, 7) is 2.38. The highest BCUT2D eigenvalue weighted by molar-refractivity contribution is 6.44. The molecule has 1 aliphatic heterocycles. The topological polar surface area (TPSA) is 105 Å². The van der Waals surface area contributed by atoms with Gasteiger partial charge in [0.05, 0.1) is 22.0 Å². The van der Waals surface area contributed by atoms with Gasteiger partial charge in [0.2, 0.25) is 0 Å². The zero-order valence-corrected chi connectivity index (χ0v) is 18.9. The normalized spacial score (nSPS) is 24.2. The Morgan fingerprint density at radius 1 is 1.12 bits per heavy atom. The van der Waals surface area contributed by atoms with Gasteiger partial charge in [-0.05, 0) is 29.9 Å². The summed E-state index contributed by atoms with van der Waals surface area (Å²) in [5, 5.41) is 9.21. The molecule has 32 heavy (non-hydrogen) atoms. The summed E-state index contributed by atoms with van der Waals surface area (Å²) < 4.78 is 0. The van der Waals surface area contributed by atoms with Crippen LogP contribution in [0.2, 0.25) is 10.0 Å². The number of hydrogen-bond acceptors (Lipinski definition) is 6. The maximum atomic E-state index is 8.52. The largest absolute Gasteiger partial charge is 0.382 e. The summed E-state index contributed by atoms with van der Waals surface area (Å²) in [6.07, 6.45) is 2.74. The highest BCUT2D eigenvalue weighted by Gasteiger charge is 2.65. The van der Waals surface area contributed by atoms with Crippen molar-refractivity contribution < 1.29 is 0 Å². The molecule has 8 heteroatoms. The predicted molar refractivity (Wildman–Crippen MR) is 130 cm³/mol. The van der Waals surface area contributed by atoms with Gasteiger partial charge in [-0.15, -0.1) is 0 Å². The van der Waals surface area contributed by atoms with Crippen molar-refractivity contribution in [1.82, 2.24) is 9.97 Å². The molecule has 0 amide bonds. The molecule has 3 aromatic rings. The van der Waals surface area contributed by atoms with E-state index in [1.165, 1.54) is 5.56 Å². The number of piperidine rings is 1. The summed E-state index contributed by atoms with van der Waals surface area (Å²) in [6, 6.07) is 15.7. The van der Waals surface area contributed by atoms with Crippen LogP contribution in [0.4, 0.5) is 11.6 Å². The molecule has 0 radical (unpaired) electrons. The molecule has 2 aliphatic rings. The van der Waals surface area contributed by atoms with Gasteiger partial charge in [0.1, 0.15) is 11.5 Å². The number of nitrogens with zero attached hydrogens (tertiary/aromatic N) is 3. The quantitative estimate of drug-likeness (QED) is 0.490. The lowest BCUT2D eigenvalue weighted by molar-refractivity contribution is 0.545. The number of benzene rings is 2. The minimum Gasteiger partial charge on any atom is -0.382 e. The van der Waals surface area contributed by atoms with Gasteiger partial charge in [-0.2, -0.15) is 0 Å². The molecule has 5 rings (SSSR count). The lowest BCUT2D eigenvalue weighted by atomic mass is 9.91. The van der Waals surface area contributed by atoms with E-state index in [-0.39, 0.29) is 16.9 Å². The number of nitrogens with one attached hydrogen (secondary N) is 1. The second kappa shape index (κ2) is 8.03. The molecule has 3 atom stereocenters. The molecule has 1 saturated carbocycles. The van der Waals surface area contributed by atoms with Crippen LogP contribution < -0.4 is 16.4 Å². The third kappa shape index (κ3) is 3.25. The van der Waals surface area contributed by atoms with Crippen molar-refractivity contribution >= 4 is 40.5 Å². The van der Waals surface area contributed by atoms with Crippen LogP contribution in [-0.4, -0.2) is 35.3 Å². The Morgan fingerprint density at radius 3 is 2.62 bits per heavy atom. The van der Waals surface area contributed by atoms with Crippen molar-refractivity contribution in [3.63, 3.8) is 0 Å². The van der Waals surface area contributed by atoms with Gasteiger partial charge in [0.15, 0.2) is 5.82 Å². The van der Waals surface area contributed by atoms with E-state index in [1.54, 1.807) is 24.4 Å². The average Bonchev–Trinajstić information content (AvgIpc) is 3.49.